The molecule has 4 N–H and O–H groups in total. The Kier molecular flexibility index (Phi) is 4.61. The molecule has 9 nitrogen and oxygen atoms in total. The maximum atomic E-state index is 12.7. The number of nitrogens with one attached hydrogen (secondary N) is 2. The number of nitrogens with zero attached hydrogens (tertiary/aromatic N) is 4. The largest absolute Gasteiger partial charge is 0.368 e. The molecule has 0 saturated heterocycles. The Balaban J connectivity index is 1.79. The average Bonchev–Trinajstić information content (AvgIpc) is 3.11. The second kappa shape index (κ2) is 6.85. The van der Waals surface area contributed by atoms with Crippen LogP contribution in [0.4, 0.5) is 11.6 Å². The summed E-state index contributed by atoms with van der Waals surface area (Å²) in [5.41, 5.74) is 6.79. The molecule has 0 spiro atoms. The van der Waals surface area contributed by atoms with Gasteiger partial charge in [0.25, 0.3) is 5.56 Å². The molecule has 130 valence electrons. The van der Waals surface area contributed by atoms with Crippen LogP contribution in [0.1, 0.15) is 5.69 Å². The first-order valence-corrected chi connectivity index (χ1v) is 8.40. The average molecular weight is 359 g/mol. The van der Waals surface area contributed by atoms with Gasteiger partial charge in [0.1, 0.15) is 5.69 Å². The Labute approximate surface area is 147 Å². The van der Waals surface area contributed by atoms with Gasteiger partial charge in [0.05, 0.1) is 17.1 Å². The van der Waals surface area contributed by atoms with Gasteiger partial charge in [-0.2, -0.15) is 4.98 Å². The van der Waals surface area contributed by atoms with E-state index < -0.39 is 0 Å². The van der Waals surface area contributed by atoms with Crippen LogP contribution < -0.4 is 16.6 Å². The number of para-hydroxylation sites is 1. The summed E-state index contributed by atoms with van der Waals surface area (Å²) in [6.07, 6.45) is 0. The summed E-state index contributed by atoms with van der Waals surface area (Å²) < 4.78 is 3.21. The number of hydrogen-bond donors (Lipinski definition) is 3. The predicted octanol–water partition coefficient (Wildman–Crippen LogP) is 0.916. The fourth-order valence-electron chi connectivity index (χ4n) is 2.34. The summed E-state index contributed by atoms with van der Waals surface area (Å²) in [5.74, 6) is -0.0666. The van der Waals surface area contributed by atoms with Crippen molar-refractivity contribution in [2.75, 3.05) is 16.8 Å². The molecule has 25 heavy (non-hydrogen) atoms. The van der Waals surface area contributed by atoms with E-state index in [4.69, 9.17) is 5.73 Å². The summed E-state index contributed by atoms with van der Waals surface area (Å²) in [6, 6.07) is 9.23. The lowest BCUT2D eigenvalue weighted by Crippen LogP contribution is -2.23. The molecular weight excluding hydrogens is 342 g/mol. The third-order valence-corrected chi connectivity index (χ3v) is 4.48. The number of aromatic nitrogens is 5. The van der Waals surface area contributed by atoms with E-state index in [1.165, 1.54) is 4.68 Å². The number of carbonyl (C=O) groups is 1. The third-order valence-electron chi connectivity index (χ3n) is 3.63. The molecule has 2 heterocycles. The highest BCUT2D eigenvalue weighted by Gasteiger charge is 2.18. The molecule has 0 atom stereocenters. The van der Waals surface area contributed by atoms with Crippen LogP contribution in [0.15, 0.2) is 40.3 Å². The monoisotopic (exact) mass is 359 g/mol. The number of carbonyl (C=O) groups excluding carboxylic acids is 1. The summed E-state index contributed by atoms with van der Waals surface area (Å²) in [4.78, 5) is 28.8. The van der Waals surface area contributed by atoms with Crippen molar-refractivity contribution in [2.24, 2.45) is 7.05 Å². The van der Waals surface area contributed by atoms with E-state index in [0.717, 1.165) is 17.4 Å². The van der Waals surface area contributed by atoms with Crippen LogP contribution in [0.2, 0.25) is 0 Å². The standard InChI is InChI=1S/C15H17N7O2S/c1-9-12(17-11(23)8-25-15-18-14(16)19-20-15)13(24)22(21(9)2)10-6-4-3-5-7-10/h3-7H,8H2,1-2H3,(H,17,23)(H3,16,18,19,20). The van der Waals surface area contributed by atoms with Crippen molar-refractivity contribution in [1.29, 1.82) is 0 Å². The minimum atomic E-state index is -0.320. The number of thioether (sulfide) groups is 1. The van der Waals surface area contributed by atoms with Gasteiger partial charge in [-0.05, 0) is 19.1 Å². The van der Waals surface area contributed by atoms with Gasteiger partial charge in [0.2, 0.25) is 17.0 Å². The van der Waals surface area contributed by atoms with Crippen LogP contribution >= 0.6 is 11.8 Å². The zero-order valence-electron chi connectivity index (χ0n) is 13.7. The van der Waals surface area contributed by atoms with Gasteiger partial charge < -0.3 is 11.1 Å². The number of nitrogen functional groups attached to an aromatic ring is 1. The van der Waals surface area contributed by atoms with Gasteiger partial charge in [0, 0.05) is 7.05 Å². The Hall–Kier alpha value is -3.01. The number of hydrogen-bond acceptors (Lipinski definition) is 6. The SMILES string of the molecule is Cc1c(NC(=O)CSc2n[nH]c(N)n2)c(=O)n(-c2ccccc2)n1C. The number of aromatic amines is 1. The first-order chi connectivity index (χ1) is 12.0. The Morgan fingerprint density at radius 1 is 1.36 bits per heavy atom. The lowest BCUT2D eigenvalue weighted by Gasteiger charge is -2.07. The topological polar surface area (TPSA) is 124 Å². The highest BCUT2D eigenvalue weighted by atomic mass is 32.2. The number of rotatable bonds is 5. The van der Waals surface area contributed by atoms with Crippen molar-refractivity contribution in [1.82, 2.24) is 24.5 Å². The lowest BCUT2D eigenvalue weighted by atomic mass is 10.3. The van der Waals surface area contributed by atoms with Gasteiger partial charge in [-0.15, -0.1) is 5.10 Å². The molecule has 3 aromatic rings. The van der Waals surface area contributed by atoms with E-state index in [2.05, 4.69) is 20.5 Å². The van der Waals surface area contributed by atoms with Crippen LogP contribution in [0.25, 0.3) is 5.69 Å². The predicted molar refractivity (Wildman–Crippen MR) is 95.9 cm³/mol. The molecule has 0 aliphatic rings. The van der Waals surface area contributed by atoms with Crippen molar-refractivity contribution in [3.63, 3.8) is 0 Å². The smallest absolute Gasteiger partial charge is 0.295 e. The third kappa shape index (κ3) is 3.43. The van der Waals surface area contributed by atoms with Crippen molar-refractivity contribution in [3.8, 4) is 5.69 Å². The zero-order chi connectivity index (χ0) is 18.0. The molecule has 0 bridgehead atoms. The Bertz CT molecular complexity index is 958. The maximum absolute atomic E-state index is 12.7. The lowest BCUT2D eigenvalue weighted by molar-refractivity contribution is -0.113. The minimum absolute atomic E-state index is 0.0659. The number of amides is 1. The number of anilines is 2. The van der Waals surface area contributed by atoms with Gasteiger partial charge in [0.15, 0.2) is 0 Å². The molecule has 2 aromatic heterocycles. The van der Waals surface area contributed by atoms with Crippen molar-refractivity contribution in [2.45, 2.75) is 12.1 Å². The van der Waals surface area contributed by atoms with Gasteiger partial charge in [-0.25, -0.2) is 9.78 Å². The maximum Gasteiger partial charge on any atom is 0.295 e. The summed E-state index contributed by atoms with van der Waals surface area (Å²) in [6.45, 7) is 1.78. The molecular formula is C15H17N7O2S. The molecule has 0 aliphatic carbocycles. The molecule has 10 heteroatoms. The van der Waals surface area contributed by atoms with Crippen LogP contribution in [-0.4, -0.2) is 36.2 Å². The van der Waals surface area contributed by atoms with Crippen molar-refractivity contribution < 1.29 is 4.79 Å². The highest BCUT2D eigenvalue weighted by Crippen LogP contribution is 2.16. The second-order valence-electron chi connectivity index (χ2n) is 5.28. The summed E-state index contributed by atoms with van der Waals surface area (Å²) in [7, 11) is 1.77. The molecule has 0 saturated carbocycles. The Morgan fingerprint density at radius 3 is 2.72 bits per heavy atom. The molecule has 0 unspecified atom stereocenters. The highest BCUT2D eigenvalue weighted by molar-refractivity contribution is 7.99. The quantitative estimate of drug-likeness (QED) is 0.582. The fraction of sp³-hybridized carbons (Fsp3) is 0.200. The number of H-pyrrole nitrogens is 1. The van der Waals surface area contributed by atoms with Crippen LogP contribution in [0, 0.1) is 6.92 Å². The molecule has 0 radical (unpaired) electrons. The second-order valence-corrected chi connectivity index (χ2v) is 6.22. The minimum Gasteiger partial charge on any atom is -0.368 e. The molecule has 0 aliphatic heterocycles. The first-order valence-electron chi connectivity index (χ1n) is 7.42. The van der Waals surface area contributed by atoms with Gasteiger partial charge in [-0.1, -0.05) is 30.0 Å². The fourth-order valence-corrected chi connectivity index (χ4v) is 2.95. The van der Waals surface area contributed by atoms with E-state index in [1.807, 2.05) is 30.3 Å². The van der Waals surface area contributed by atoms with E-state index in [9.17, 15) is 9.59 Å². The van der Waals surface area contributed by atoms with Crippen LogP contribution in [0.5, 0.6) is 0 Å². The van der Waals surface area contributed by atoms with Gasteiger partial charge >= 0.3 is 0 Å². The first kappa shape index (κ1) is 16.8. The zero-order valence-corrected chi connectivity index (χ0v) is 14.5. The van der Waals surface area contributed by atoms with E-state index in [-0.39, 0.29) is 28.9 Å². The van der Waals surface area contributed by atoms with Crippen LogP contribution in [0.3, 0.4) is 0 Å². The van der Waals surface area contributed by atoms with Crippen molar-refractivity contribution in [3.05, 3.63) is 46.4 Å². The van der Waals surface area contributed by atoms with E-state index >= 15 is 0 Å². The molecule has 0 fully saturated rings. The summed E-state index contributed by atoms with van der Waals surface area (Å²) in [5, 5.41) is 9.39. The Morgan fingerprint density at radius 2 is 2.08 bits per heavy atom. The molecule has 1 aromatic carbocycles. The van der Waals surface area contributed by atoms with Gasteiger partial charge in [-0.3, -0.25) is 14.3 Å². The summed E-state index contributed by atoms with van der Waals surface area (Å²) >= 11 is 1.13. The normalized spacial score (nSPS) is 10.8. The van der Waals surface area contributed by atoms with E-state index in [1.54, 1.807) is 18.7 Å². The van der Waals surface area contributed by atoms with E-state index in [0.29, 0.717) is 10.9 Å². The van der Waals surface area contributed by atoms with Crippen molar-refractivity contribution >= 4 is 29.3 Å². The number of nitrogens with two attached hydrogens (primary N) is 1. The van der Waals surface area contributed by atoms with Crippen LogP contribution in [-0.2, 0) is 11.8 Å². The molecule has 1 amide bonds. The number of benzene rings is 1. The molecule has 3 rings (SSSR count).